The summed E-state index contributed by atoms with van der Waals surface area (Å²) in [6.45, 7) is 1.17. The number of anilines is 1. The number of carbonyl (C=O) groups excluding carboxylic acids is 2. The Morgan fingerprint density at radius 3 is 2.53 bits per heavy atom. The van der Waals surface area contributed by atoms with E-state index < -0.39 is 23.4 Å². The van der Waals surface area contributed by atoms with Crippen molar-refractivity contribution in [3.8, 4) is 5.69 Å². The van der Waals surface area contributed by atoms with E-state index in [0.717, 1.165) is 6.07 Å². The Hall–Kier alpha value is -3.92. The minimum Gasteiger partial charge on any atom is -0.452 e. The van der Waals surface area contributed by atoms with Crippen molar-refractivity contribution < 1.29 is 19.2 Å². The van der Waals surface area contributed by atoms with Gasteiger partial charge < -0.3 is 15.0 Å². The number of aromatic amines is 1. The second-order valence-electron chi connectivity index (χ2n) is 6.17. The lowest BCUT2D eigenvalue weighted by molar-refractivity contribution is -0.384. The topological polar surface area (TPSA) is 136 Å². The van der Waals surface area contributed by atoms with Gasteiger partial charge in [0.2, 0.25) is 0 Å². The zero-order chi connectivity index (χ0) is 21.8. The number of hydrogen-bond acceptors (Lipinski definition) is 6. The van der Waals surface area contributed by atoms with E-state index in [2.05, 4.69) is 10.3 Å². The molecule has 0 unspecified atom stereocenters. The van der Waals surface area contributed by atoms with Crippen molar-refractivity contribution in [3.63, 3.8) is 0 Å². The van der Waals surface area contributed by atoms with Crippen LogP contribution in [0.15, 0.2) is 53.5 Å². The van der Waals surface area contributed by atoms with Gasteiger partial charge in [0.1, 0.15) is 5.02 Å². The van der Waals surface area contributed by atoms with Gasteiger partial charge in [0.05, 0.1) is 16.2 Å². The summed E-state index contributed by atoms with van der Waals surface area (Å²) in [5.74, 6) is -1.41. The molecular formula is C19H15ClN4O6. The van der Waals surface area contributed by atoms with E-state index in [4.69, 9.17) is 16.3 Å². The molecular weight excluding hydrogens is 416 g/mol. The maximum absolute atomic E-state index is 12.1. The molecule has 1 aromatic heterocycles. The monoisotopic (exact) mass is 430 g/mol. The van der Waals surface area contributed by atoms with Gasteiger partial charge in [-0.05, 0) is 43.3 Å². The molecule has 30 heavy (non-hydrogen) atoms. The summed E-state index contributed by atoms with van der Waals surface area (Å²) in [4.78, 5) is 48.7. The molecule has 11 heteroatoms. The van der Waals surface area contributed by atoms with Crippen LogP contribution in [-0.4, -0.2) is 33.0 Å². The predicted octanol–water partition coefficient (Wildman–Crippen LogP) is 2.83. The van der Waals surface area contributed by atoms with Gasteiger partial charge in [-0.2, -0.15) is 0 Å². The van der Waals surface area contributed by atoms with E-state index in [-0.39, 0.29) is 27.7 Å². The molecule has 0 aliphatic rings. The van der Waals surface area contributed by atoms with Crippen molar-refractivity contribution in [1.29, 1.82) is 0 Å². The maximum Gasteiger partial charge on any atom is 0.338 e. The lowest BCUT2D eigenvalue weighted by atomic mass is 10.2. The lowest BCUT2D eigenvalue weighted by Crippen LogP contribution is -2.21. The van der Waals surface area contributed by atoms with Crippen LogP contribution in [0.4, 0.5) is 11.4 Å². The van der Waals surface area contributed by atoms with E-state index in [9.17, 15) is 24.5 Å². The summed E-state index contributed by atoms with van der Waals surface area (Å²) in [6.07, 6.45) is 1.57. The number of H-pyrrole nitrogens is 1. The molecule has 3 rings (SSSR count). The number of benzene rings is 2. The van der Waals surface area contributed by atoms with E-state index in [0.29, 0.717) is 11.4 Å². The number of nitro benzene ring substituents is 1. The third-order valence-electron chi connectivity index (χ3n) is 4.08. The molecule has 0 aliphatic carbocycles. The molecule has 0 bridgehead atoms. The Labute approximate surface area is 174 Å². The fourth-order valence-corrected chi connectivity index (χ4v) is 2.85. The highest BCUT2D eigenvalue weighted by Crippen LogP contribution is 2.27. The Kier molecular flexibility index (Phi) is 5.98. The van der Waals surface area contributed by atoms with Gasteiger partial charge in [-0.25, -0.2) is 9.59 Å². The van der Waals surface area contributed by atoms with E-state index >= 15 is 0 Å². The number of ether oxygens (including phenoxy) is 1. The predicted molar refractivity (Wildman–Crippen MR) is 108 cm³/mol. The smallest absolute Gasteiger partial charge is 0.338 e. The number of halogens is 1. The minimum absolute atomic E-state index is 0.0648. The maximum atomic E-state index is 12.1. The van der Waals surface area contributed by atoms with Crippen molar-refractivity contribution in [2.45, 2.75) is 6.92 Å². The first-order valence-electron chi connectivity index (χ1n) is 8.54. The molecule has 2 N–H and O–H groups in total. The number of amides is 1. The minimum atomic E-state index is -0.739. The molecule has 1 heterocycles. The molecule has 0 aliphatic heterocycles. The molecule has 10 nitrogen and oxygen atoms in total. The Morgan fingerprint density at radius 1 is 1.23 bits per heavy atom. The number of rotatable bonds is 6. The molecule has 0 radical (unpaired) electrons. The van der Waals surface area contributed by atoms with Crippen molar-refractivity contribution >= 4 is 34.9 Å². The van der Waals surface area contributed by atoms with Gasteiger partial charge in [-0.1, -0.05) is 11.6 Å². The lowest BCUT2D eigenvalue weighted by Gasteiger charge is -2.08. The second kappa shape index (κ2) is 8.62. The molecule has 0 spiro atoms. The molecule has 3 aromatic rings. The highest BCUT2D eigenvalue weighted by Gasteiger charge is 2.15. The summed E-state index contributed by atoms with van der Waals surface area (Å²) >= 11 is 5.71. The first-order valence-corrected chi connectivity index (χ1v) is 8.92. The largest absolute Gasteiger partial charge is 0.452 e. The van der Waals surface area contributed by atoms with Crippen LogP contribution in [0.1, 0.15) is 16.1 Å². The Bertz CT molecular complexity index is 1180. The van der Waals surface area contributed by atoms with Crippen LogP contribution in [0.25, 0.3) is 5.69 Å². The van der Waals surface area contributed by atoms with Crippen LogP contribution in [0.2, 0.25) is 5.02 Å². The number of esters is 1. The van der Waals surface area contributed by atoms with Crippen molar-refractivity contribution in [3.05, 3.63) is 85.5 Å². The summed E-state index contributed by atoms with van der Waals surface area (Å²) in [6, 6.07) is 9.86. The normalized spacial score (nSPS) is 10.5. The van der Waals surface area contributed by atoms with Crippen LogP contribution in [0, 0.1) is 17.0 Å². The van der Waals surface area contributed by atoms with Crippen LogP contribution in [-0.2, 0) is 9.53 Å². The number of imidazole rings is 1. The van der Waals surface area contributed by atoms with Crippen LogP contribution < -0.4 is 11.0 Å². The zero-order valence-electron chi connectivity index (χ0n) is 15.5. The number of carbonyl (C=O) groups is 2. The third-order valence-corrected chi connectivity index (χ3v) is 4.40. The van der Waals surface area contributed by atoms with Crippen molar-refractivity contribution in [1.82, 2.24) is 9.55 Å². The highest BCUT2D eigenvalue weighted by molar-refractivity contribution is 6.32. The average Bonchev–Trinajstić information content (AvgIpc) is 3.05. The SMILES string of the molecule is Cc1c[nH]c(=O)n1-c1ccc(C(=O)OCC(=O)Nc2ccc(Cl)c([N+](=O)[O-])c2)cc1. The van der Waals surface area contributed by atoms with Gasteiger partial charge in [-0.15, -0.1) is 0 Å². The quantitative estimate of drug-likeness (QED) is 0.350. The van der Waals surface area contributed by atoms with Gasteiger partial charge >= 0.3 is 11.7 Å². The first-order chi connectivity index (χ1) is 14.3. The van der Waals surface area contributed by atoms with Crippen LogP contribution >= 0.6 is 11.6 Å². The van der Waals surface area contributed by atoms with Crippen molar-refractivity contribution in [2.75, 3.05) is 11.9 Å². The summed E-state index contributed by atoms with van der Waals surface area (Å²) < 4.78 is 6.39. The molecule has 2 aromatic carbocycles. The number of nitro groups is 1. The van der Waals surface area contributed by atoms with E-state index in [1.807, 2.05) is 0 Å². The van der Waals surface area contributed by atoms with E-state index in [1.165, 1.54) is 28.8 Å². The molecule has 1 amide bonds. The number of aromatic nitrogens is 2. The van der Waals surface area contributed by atoms with Gasteiger partial charge in [0.25, 0.3) is 11.6 Å². The van der Waals surface area contributed by atoms with E-state index in [1.54, 1.807) is 25.3 Å². The number of nitrogens with zero attached hydrogens (tertiary/aromatic N) is 2. The summed E-state index contributed by atoms with van der Waals surface area (Å²) in [5.41, 5.74) is 0.941. The number of hydrogen-bond donors (Lipinski definition) is 2. The summed E-state index contributed by atoms with van der Waals surface area (Å²) in [5, 5.41) is 13.2. The molecule has 0 saturated carbocycles. The van der Waals surface area contributed by atoms with Gasteiger partial charge in [0, 0.05) is 23.6 Å². The van der Waals surface area contributed by atoms with Gasteiger partial charge in [0.15, 0.2) is 6.61 Å². The molecule has 0 saturated heterocycles. The highest BCUT2D eigenvalue weighted by atomic mass is 35.5. The number of aryl methyl sites for hydroxylation is 1. The van der Waals surface area contributed by atoms with Gasteiger partial charge in [-0.3, -0.25) is 19.5 Å². The zero-order valence-corrected chi connectivity index (χ0v) is 16.3. The molecule has 154 valence electrons. The Morgan fingerprint density at radius 2 is 1.93 bits per heavy atom. The molecule has 0 fully saturated rings. The van der Waals surface area contributed by atoms with Crippen LogP contribution in [0.3, 0.4) is 0 Å². The fourth-order valence-electron chi connectivity index (χ4n) is 2.66. The fraction of sp³-hybridized carbons (Fsp3) is 0.105. The molecule has 0 atom stereocenters. The standard InChI is InChI=1S/C19H15ClN4O6/c1-11-9-21-19(27)23(11)14-5-2-12(3-6-14)18(26)30-10-17(25)22-13-4-7-15(20)16(8-13)24(28)29/h2-9H,10H2,1H3,(H,21,27)(H,22,25). The Balaban J connectivity index is 1.60. The van der Waals surface area contributed by atoms with Crippen molar-refractivity contribution in [2.24, 2.45) is 0 Å². The first kappa shape index (κ1) is 20.8. The average molecular weight is 431 g/mol. The third kappa shape index (κ3) is 4.55. The number of nitrogens with one attached hydrogen (secondary N) is 2. The summed E-state index contributed by atoms with van der Waals surface area (Å²) in [7, 11) is 0. The second-order valence-corrected chi connectivity index (χ2v) is 6.57. The van der Waals surface area contributed by atoms with Crippen LogP contribution in [0.5, 0.6) is 0 Å².